The number of pyridine rings is 2. The van der Waals surface area contributed by atoms with Crippen LogP contribution in [-0.2, 0) is 9.47 Å². The van der Waals surface area contributed by atoms with E-state index < -0.39 is 34.8 Å². The molecule has 17 nitrogen and oxygen atoms in total. The monoisotopic (exact) mass is 1130 g/mol. The molecule has 17 heteroatoms. The predicted octanol–water partition coefficient (Wildman–Crippen LogP) is 14.6. The molecule has 4 rings (SSSR count). The lowest BCUT2D eigenvalue weighted by Gasteiger charge is -2.31. The molecule has 0 saturated heterocycles. The van der Waals surface area contributed by atoms with Gasteiger partial charge in [-0.3, -0.25) is 29.1 Å². The molecular formula is C64H99N7O10. The van der Waals surface area contributed by atoms with E-state index in [2.05, 4.69) is 80.5 Å². The Morgan fingerprint density at radius 1 is 0.556 bits per heavy atom. The number of aromatic hydroxyl groups is 2. The predicted molar refractivity (Wildman–Crippen MR) is 325 cm³/mol. The average molecular weight is 1130 g/mol. The highest BCUT2D eigenvalue weighted by Crippen LogP contribution is 2.28. The van der Waals surface area contributed by atoms with E-state index >= 15 is 0 Å². The fraction of sp³-hybridized carbons (Fsp3) is 0.594. The number of aromatic nitrogens is 2. The molecule has 2 aromatic carbocycles. The Balaban J connectivity index is 0.000000473. The van der Waals surface area contributed by atoms with E-state index in [1.54, 1.807) is 45.0 Å². The number of rotatable bonds is 32. The number of anilines is 1. The van der Waals surface area contributed by atoms with Crippen molar-refractivity contribution in [2.45, 2.75) is 186 Å². The molecule has 0 fully saturated rings. The second-order valence-electron chi connectivity index (χ2n) is 21.1. The number of nitrogens with one attached hydrogen (secondary N) is 2. The van der Waals surface area contributed by atoms with Crippen LogP contribution in [0.5, 0.6) is 11.8 Å². The molecule has 2 aromatic heterocycles. The summed E-state index contributed by atoms with van der Waals surface area (Å²) in [5.41, 5.74) is 7.34. The fourth-order valence-electron chi connectivity index (χ4n) is 9.64. The van der Waals surface area contributed by atoms with E-state index in [1.165, 1.54) is 51.5 Å². The summed E-state index contributed by atoms with van der Waals surface area (Å²) >= 11 is 0. The van der Waals surface area contributed by atoms with Crippen LogP contribution in [0.25, 0.3) is 0 Å². The van der Waals surface area contributed by atoms with Crippen LogP contribution < -0.4 is 16.9 Å². The molecule has 0 aliphatic heterocycles. The van der Waals surface area contributed by atoms with Crippen molar-refractivity contribution in [1.82, 2.24) is 19.8 Å². The maximum Gasteiger partial charge on any atom is 0.343 e. The van der Waals surface area contributed by atoms with E-state index in [4.69, 9.17) is 15.2 Å². The normalized spacial score (nSPS) is 12.5. The molecule has 0 radical (unpaired) electrons. The van der Waals surface area contributed by atoms with Gasteiger partial charge in [0.05, 0.1) is 18.9 Å². The number of carbonyl (C=O) groups is 4. The number of amides is 2. The van der Waals surface area contributed by atoms with Crippen molar-refractivity contribution in [2.24, 2.45) is 33.9 Å². The van der Waals surface area contributed by atoms with Gasteiger partial charge < -0.3 is 35.2 Å². The quantitative estimate of drug-likeness (QED) is 0.0175. The van der Waals surface area contributed by atoms with E-state index in [1.807, 2.05) is 29.2 Å². The first-order valence-corrected chi connectivity index (χ1v) is 30.0. The third kappa shape index (κ3) is 24.1. The highest BCUT2D eigenvalue weighted by Gasteiger charge is 2.26. The van der Waals surface area contributed by atoms with Crippen molar-refractivity contribution < 1.29 is 38.9 Å². The lowest BCUT2D eigenvalue weighted by Crippen LogP contribution is -2.39. The van der Waals surface area contributed by atoms with Crippen molar-refractivity contribution in [3.05, 3.63) is 109 Å². The molecule has 4 aromatic rings. The number of esters is 2. The Morgan fingerprint density at radius 3 is 1.36 bits per heavy atom. The Labute approximate surface area is 482 Å². The Hall–Kier alpha value is -6.78. The van der Waals surface area contributed by atoms with Crippen molar-refractivity contribution in [3.63, 3.8) is 0 Å². The lowest BCUT2D eigenvalue weighted by atomic mass is 9.95. The third-order valence-corrected chi connectivity index (χ3v) is 14.7. The Kier molecular flexibility index (Phi) is 33.7. The minimum atomic E-state index is -0.767. The van der Waals surface area contributed by atoms with Gasteiger partial charge in [0.2, 0.25) is 11.8 Å². The minimum Gasteiger partial charge on any atom is -0.494 e. The molecule has 2 amide bonds. The summed E-state index contributed by atoms with van der Waals surface area (Å²) in [6.45, 7) is 27.6. The number of carbonyl (C=O) groups excluding carboxylic acids is 4. The van der Waals surface area contributed by atoms with Crippen LogP contribution in [0.2, 0.25) is 0 Å². The van der Waals surface area contributed by atoms with Crippen molar-refractivity contribution in [2.75, 3.05) is 45.1 Å². The van der Waals surface area contributed by atoms with Crippen LogP contribution in [0.15, 0.2) is 74.4 Å². The van der Waals surface area contributed by atoms with E-state index in [0.29, 0.717) is 46.2 Å². The van der Waals surface area contributed by atoms with Crippen LogP contribution in [0.3, 0.4) is 0 Å². The molecule has 6 N–H and O–H groups in total. The van der Waals surface area contributed by atoms with Gasteiger partial charge in [0.1, 0.15) is 11.1 Å². The summed E-state index contributed by atoms with van der Waals surface area (Å²) in [4.78, 5) is 82.5. The van der Waals surface area contributed by atoms with Crippen LogP contribution in [-0.4, -0.2) is 93.1 Å². The summed E-state index contributed by atoms with van der Waals surface area (Å²) in [6.07, 6.45) is 18.4. The van der Waals surface area contributed by atoms with Gasteiger partial charge in [-0.25, -0.2) is 9.59 Å². The number of H-pyrrole nitrogens is 2. The first-order chi connectivity index (χ1) is 38.8. The SMILES string of the molecule is CCCCC(CC)CN(CC(CC)CCCC)C(=O)c1cccc(N)c1.CCCCC(CC)CN(CC(CC)CCCC)C(=O)c1cccc(N=Nc2c(C)c(C(=O)OCC)c(O)[nH]c2=O)c1.CCOC(=O)c1c(C)cc(=O)[nH]c1O. The zero-order chi connectivity index (χ0) is 60.4. The van der Waals surface area contributed by atoms with Gasteiger partial charge >= 0.3 is 11.9 Å². The molecule has 4 atom stereocenters. The molecule has 81 heavy (non-hydrogen) atoms. The standard InChI is InChI=1S/C32H48N4O5.C23H40N2O.C9H11NO4/c1-7-12-15-23(9-3)20-36(21-24(10-4)16-13-8-2)31(39)25-17-14-18-26(19-25)34-35-28-22(6)27(32(40)41-11-5)29(37)33-30(28)38;1-5-9-12-19(7-3)17-25(18-20(8-4)13-10-6-2)23(26)21-14-11-15-22(24)16-21;1-3-14-9(13)7-5(2)4-6(11)10-8(7)12/h14,17-19,23-24H,7-13,15-16,20-21H2,1-6H3,(H2,33,37,38);11,14-16,19-20H,5-10,12-13,17-18,24H2,1-4H3;4H,3H2,1-2H3,(H2,10,11,12). The summed E-state index contributed by atoms with van der Waals surface area (Å²) in [6, 6.07) is 15.6. The van der Waals surface area contributed by atoms with E-state index in [-0.39, 0.29) is 47.4 Å². The number of azo groups is 1. The van der Waals surface area contributed by atoms with Crippen LogP contribution in [0.1, 0.15) is 225 Å². The summed E-state index contributed by atoms with van der Waals surface area (Å²) < 4.78 is 9.70. The summed E-state index contributed by atoms with van der Waals surface area (Å²) in [5.74, 6) is -0.258. The Morgan fingerprint density at radius 2 is 0.963 bits per heavy atom. The molecule has 2 heterocycles. The smallest absolute Gasteiger partial charge is 0.343 e. The number of nitrogens with two attached hydrogens (primary N) is 1. The van der Waals surface area contributed by atoms with Crippen molar-refractivity contribution >= 4 is 40.8 Å². The largest absolute Gasteiger partial charge is 0.494 e. The number of aryl methyl sites for hydroxylation is 1. The second-order valence-corrected chi connectivity index (χ2v) is 21.1. The highest BCUT2D eigenvalue weighted by molar-refractivity contribution is 5.96. The average Bonchev–Trinajstić information content (AvgIpc) is 3.46. The number of nitrogen functional groups attached to an aromatic ring is 1. The van der Waals surface area contributed by atoms with Gasteiger partial charge in [0.15, 0.2) is 5.69 Å². The van der Waals surface area contributed by atoms with Gasteiger partial charge in [-0.15, -0.1) is 5.11 Å². The number of hydrogen-bond donors (Lipinski definition) is 5. The fourth-order valence-corrected chi connectivity index (χ4v) is 9.64. The topological polar surface area (TPSA) is 250 Å². The van der Waals surface area contributed by atoms with Gasteiger partial charge in [0, 0.05) is 54.6 Å². The van der Waals surface area contributed by atoms with E-state index in [9.17, 15) is 39.0 Å². The van der Waals surface area contributed by atoms with Crippen LogP contribution in [0, 0.1) is 37.5 Å². The molecule has 0 aliphatic carbocycles. The zero-order valence-electron chi connectivity index (χ0n) is 51.1. The molecule has 0 spiro atoms. The molecule has 450 valence electrons. The third-order valence-electron chi connectivity index (χ3n) is 14.7. The van der Waals surface area contributed by atoms with Crippen LogP contribution in [0.4, 0.5) is 17.1 Å². The number of ether oxygens (including phenoxy) is 2. The summed E-state index contributed by atoms with van der Waals surface area (Å²) in [5, 5.41) is 27.7. The molecular weight excluding hydrogens is 1030 g/mol. The van der Waals surface area contributed by atoms with Gasteiger partial charge in [0.25, 0.3) is 22.9 Å². The zero-order valence-corrected chi connectivity index (χ0v) is 51.1. The van der Waals surface area contributed by atoms with Gasteiger partial charge in [-0.1, -0.05) is 145 Å². The lowest BCUT2D eigenvalue weighted by molar-refractivity contribution is 0.0511. The molecule has 0 bridgehead atoms. The number of nitrogens with zero attached hydrogens (tertiary/aromatic N) is 4. The van der Waals surface area contributed by atoms with Crippen molar-refractivity contribution in [1.29, 1.82) is 0 Å². The Bertz CT molecular complexity index is 2620. The molecule has 0 aliphatic rings. The number of hydrogen-bond acceptors (Lipinski definition) is 13. The number of aromatic amines is 2. The molecule has 0 saturated carbocycles. The number of benzene rings is 2. The van der Waals surface area contributed by atoms with Gasteiger partial charge in [-0.05, 0) is 119 Å². The first kappa shape index (κ1) is 70.3. The minimum absolute atomic E-state index is 0.00597. The summed E-state index contributed by atoms with van der Waals surface area (Å²) in [7, 11) is 0. The van der Waals surface area contributed by atoms with Crippen LogP contribution >= 0.6 is 0 Å². The maximum absolute atomic E-state index is 13.9. The van der Waals surface area contributed by atoms with Crippen molar-refractivity contribution in [3.8, 4) is 11.8 Å². The molecule has 4 unspecified atom stereocenters. The second kappa shape index (κ2) is 38.8. The highest BCUT2D eigenvalue weighted by atomic mass is 16.5. The first-order valence-electron chi connectivity index (χ1n) is 30.0. The maximum atomic E-state index is 13.9. The van der Waals surface area contributed by atoms with E-state index in [0.717, 1.165) is 96.0 Å². The number of unbranched alkanes of at least 4 members (excludes halogenated alkanes) is 4. The van der Waals surface area contributed by atoms with Gasteiger partial charge in [-0.2, -0.15) is 5.11 Å².